The van der Waals surface area contributed by atoms with E-state index in [0.29, 0.717) is 11.4 Å². The Labute approximate surface area is 112 Å². The monoisotopic (exact) mass is 259 g/mol. The van der Waals surface area contributed by atoms with Crippen LogP contribution in [0.15, 0.2) is 36.5 Å². The molecule has 0 amide bonds. The number of anilines is 1. The molecule has 0 saturated heterocycles. The van der Waals surface area contributed by atoms with Crippen molar-refractivity contribution in [2.45, 2.75) is 26.4 Å². The largest absolute Gasteiger partial charge is 0.442 e. The van der Waals surface area contributed by atoms with Gasteiger partial charge >= 0.3 is 6.09 Å². The van der Waals surface area contributed by atoms with Crippen LogP contribution in [0.3, 0.4) is 0 Å². The van der Waals surface area contributed by atoms with E-state index >= 15 is 0 Å². The van der Waals surface area contributed by atoms with E-state index in [1.807, 2.05) is 32.9 Å². The zero-order valence-electron chi connectivity index (χ0n) is 11.3. The third-order valence-electron chi connectivity index (χ3n) is 2.38. The van der Waals surface area contributed by atoms with Gasteiger partial charge in [-0.2, -0.15) is 9.78 Å². The molecule has 0 spiro atoms. The molecule has 2 N–H and O–H groups in total. The number of nitrogen functional groups attached to an aromatic ring is 1. The predicted molar refractivity (Wildman–Crippen MR) is 73.7 cm³/mol. The van der Waals surface area contributed by atoms with Crippen LogP contribution in [0.1, 0.15) is 20.8 Å². The van der Waals surface area contributed by atoms with E-state index in [1.54, 1.807) is 24.4 Å². The molecule has 0 bridgehead atoms. The summed E-state index contributed by atoms with van der Waals surface area (Å²) >= 11 is 0. The number of benzene rings is 1. The Hall–Kier alpha value is -2.30. The van der Waals surface area contributed by atoms with Crippen molar-refractivity contribution in [1.29, 1.82) is 0 Å². The highest BCUT2D eigenvalue weighted by Crippen LogP contribution is 2.18. The quantitative estimate of drug-likeness (QED) is 0.799. The number of hydrogen-bond acceptors (Lipinski definition) is 4. The average molecular weight is 259 g/mol. The summed E-state index contributed by atoms with van der Waals surface area (Å²) < 4.78 is 6.43. The van der Waals surface area contributed by atoms with Crippen LogP contribution in [-0.4, -0.2) is 21.5 Å². The maximum absolute atomic E-state index is 11.8. The van der Waals surface area contributed by atoms with Crippen molar-refractivity contribution in [3.63, 3.8) is 0 Å². The van der Waals surface area contributed by atoms with Crippen LogP contribution in [0, 0.1) is 0 Å². The molecule has 0 aliphatic heterocycles. The molecular weight excluding hydrogens is 242 g/mol. The number of hydrogen-bond donors (Lipinski definition) is 1. The summed E-state index contributed by atoms with van der Waals surface area (Å²) in [5.74, 6) is 0. The topological polar surface area (TPSA) is 70.1 Å². The number of carbonyl (C=O) groups is 1. The third-order valence-corrected chi connectivity index (χ3v) is 2.38. The average Bonchev–Trinajstić information content (AvgIpc) is 2.77. The van der Waals surface area contributed by atoms with Gasteiger partial charge in [-0.3, -0.25) is 0 Å². The molecule has 2 aromatic rings. The molecule has 100 valence electrons. The molecular formula is C14H17N3O2. The molecule has 1 aromatic carbocycles. The Bertz CT molecular complexity index is 579. The van der Waals surface area contributed by atoms with Gasteiger partial charge in [0.15, 0.2) is 0 Å². The molecule has 0 unspecified atom stereocenters. The lowest BCUT2D eigenvalue weighted by atomic mass is 10.1. The summed E-state index contributed by atoms with van der Waals surface area (Å²) in [7, 11) is 0. The zero-order chi connectivity index (χ0) is 14.0. The third kappa shape index (κ3) is 3.34. The Morgan fingerprint density at radius 3 is 2.42 bits per heavy atom. The first-order chi connectivity index (χ1) is 8.85. The van der Waals surface area contributed by atoms with Crippen LogP contribution < -0.4 is 5.73 Å². The molecule has 0 saturated carbocycles. The molecule has 1 aromatic heterocycles. The maximum Gasteiger partial charge on any atom is 0.435 e. The molecule has 2 rings (SSSR count). The summed E-state index contributed by atoms with van der Waals surface area (Å²) in [5, 5.41) is 4.20. The Kier molecular flexibility index (Phi) is 3.29. The van der Waals surface area contributed by atoms with Crippen molar-refractivity contribution < 1.29 is 9.53 Å². The van der Waals surface area contributed by atoms with Crippen LogP contribution >= 0.6 is 0 Å². The van der Waals surface area contributed by atoms with E-state index in [2.05, 4.69) is 5.10 Å². The fourth-order valence-corrected chi connectivity index (χ4v) is 1.54. The second kappa shape index (κ2) is 4.76. The van der Waals surface area contributed by atoms with Gasteiger partial charge in [-0.25, -0.2) is 4.79 Å². The molecule has 5 nitrogen and oxygen atoms in total. The highest BCUT2D eigenvalue weighted by molar-refractivity contribution is 5.71. The summed E-state index contributed by atoms with van der Waals surface area (Å²) in [5.41, 5.74) is 7.38. The highest BCUT2D eigenvalue weighted by Gasteiger charge is 2.18. The Morgan fingerprint density at radius 2 is 1.84 bits per heavy atom. The Balaban J connectivity index is 2.19. The van der Waals surface area contributed by atoms with Crippen molar-refractivity contribution in [3.05, 3.63) is 36.5 Å². The van der Waals surface area contributed by atoms with Gasteiger partial charge in [0.1, 0.15) is 5.60 Å². The van der Waals surface area contributed by atoms with Crippen LogP contribution in [0.25, 0.3) is 11.3 Å². The standard InChI is InChI=1S/C14H17N3O2/c1-14(2,3)19-13(18)17-9-8-12(16-17)10-4-6-11(15)7-5-10/h4-9H,15H2,1-3H3. The molecule has 19 heavy (non-hydrogen) atoms. The number of ether oxygens (including phenoxy) is 1. The van der Waals surface area contributed by atoms with E-state index in [1.165, 1.54) is 4.68 Å². The lowest BCUT2D eigenvalue weighted by molar-refractivity contribution is 0.0515. The van der Waals surface area contributed by atoms with Crippen LogP contribution in [-0.2, 0) is 4.74 Å². The van der Waals surface area contributed by atoms with E-state index in [0.717, 1.165) is 5.56 Å². The van der Waals surface area contributed by atoms with Crippen LogP contribution in [0.5, 0.6) is 0 Å². The van der Waals surface area contributed by atoms with Gasteiger partial charge in [0.2, 0.25) is 0 Å². The minimum atomic E-state index is -0.537. The molecule has 1 heterocycles. The molecule has 5 heteroatoms. The fraction of sp³-hybridized carbons (Fsp3) is 0.286. The second-order valence-electron chi connectivity index (χ2n) is 5.25. The number of aromatic nitrogens is 2. The highest BCUT2D eigenvalue weighted by atomic mass is 16.6. The van der Waals surface area contributed by atoms with Crippen molar-refractivity contribution in [3.8, 4) is 11.3 Å². The first-order valence-electron chi connectivity index (χ1n) is 6.00. The van der Waals surface area contributed by atoms with Crippen LogP contribution in [0.2, 0.25) is 0 Å². The van der Waals surface area contributed by atoms with Crippen LogP contribution in [0.4, 0.5) is 10.5 Å². The van der Waals surface area contributed by atoms with Gasteiger partial charge in [0, 0.05) is 17.4 Å². The lowest BCUT2D eigenvalue weighted by Gasteiger charge is -2.18. The second-order valence-corrected chi connectivity index (χ2v) is 5.25. The van der Waals surface area contributed by atoms with E-state index < -0.39 is 11.7 Å². The Morgan fingerprint density at radius 1 is 1.21 bits per heavy atom. The number of nitrogens with two attached hydrogens (primary N) is 1. The minimum absolute atomic E-state index is 0.491. The first kappa shape index (κ1) is 13.1. The maximum atomic E-state index is 11.8. The van der Waals surface area contributed by atoms with Gasteiger partial charge < -0.3 is 10.5 Å². The summed E-state index contributed by atoms with van der Waals surface area (Å²) in [6.45, 7) is 5.44. The van der Waals surface area contributed by atoms with Gasteiger partial charge in [0.05, 0.1) is 5.69 Å². The number of rotatable bonds is 1. The van der Waals surface area contributed by atoms with Crippen molar-refractivity contribution >= 4 is 11.8 Å². The summed E-state index contributed by atoms with van der Waals surface area (Å²) in [4.78, 5) is 11.8. The molecule has 0 aliphatic carbocycles. The summed E-state index contributed by atoms with van der Waals surface area (Å²) in [6, 6.07) is 9.06. The first-order valence-corrected chi connectivity index (χ1v) is 6.00. The fourth-order valence-electron chi connectivity index (χ4n) is 1.54. The molecule has 0 radical (unpaired) electrons. The molecule has 0 fully saturated rings. The van der Waals surface area contributed by atoms with Crippen molar-refractivity contribution in [1.82, 2.24) is 9.78 Å². The van der Waals surface area contributed by atoms with Gasteiger partial charge in [-0.15, -0.1) is 0 Å². The van der Waals surface area contributed by atoms with E-state index in [9.17, 15) is 4.79 Å². The summed E-state index contributed by atoms with van der Waals surface area (Å²) in [6.07, 6.45) is 1.09. The van der Waals surface area contributed by atoms with Crippen molar-refractivity contribution in [2.24, 2.45) is 0 Å². The van der Waals surface area contributed by atoms with Gasteiger partial charge in [-0.1, -0.05) is 12.1 Å². The van der Waals surface area contributed by atoms with Crippen molar-refractivity contribution in [2.75, 3.05) is 5.73 Å². The predicted octanol–water partition coefficient (Wildman–Crippen LogP) is 2.92. The van der Waals surface area contributed by atoms with E-state index in [-0.39, 0.29) is 0 Å². The van der Waals surface area contributed by atoms with E-state index in [4.69, 9.17) is 10.5 Å². The normalized spacial score (nSPS) is 11.3. The SMILES string of the molecule is CC(C)(C)OC(=O)n1ccc(-c2ccc(N)cc2)n1. The lowest BCUT2D eigenvalue weighted by Crippen LogP contribution is -2.27. The van der Waals surface area contributed by atoms with Gasteiger partial charge in [0.25, 0.3) is 0 Å². The molecule has 0 atom stereocenters. The number of nitrogens with zero attached hydrogens (tertiary/aromatic N) is 2. The zero-order valence-corrected chi connectivity index (χ0v) is 11.3. The van der Waals surface area contributed by atoms with Gasteiger partial charge in [-0.05, 0) is 39.0 Å². The molecule has 0 aliphatic rings. The number of carbonyl (C=O) groups excluding carboxylic acids is 1. The minimum Gasteiger partial charge on any atom is -0.442 e. The smallest absolute Gasteiger partial charge is 0.435 e.